The summed E-state index contributed by atoms with van der Waals surface area (Å²) >= 11 is 0.149. The number of unbranched alkanes of at least 4 members (excludes halogenated alkanes) is 2. The van der Waals surface area contributed by atoms with Crippen molar-refractivity contribution in [3.63, 3.8) is 0 Å². The van der Waals surface area contributed by atoms with Gasteiger partial charge in [0.05, 0.1) is 0 Å². The topological polar surface area (TPSA) is 0 Å². The molecule has 0 N–H and O–H groups in total. The first-order valence-corrected chi connectivity index (χ1v) is 9.31. The van der Waals surface area contributed by atoms with Gasteiger partial charge in [0.1, 0.15) is 0 Å². The van der Waals surface area contributed by atoms with E-state index in [0.717, 1.165) is 0 Å². The Balaban J connectivity index is 0. The van der Waals surface area contributed by atoms with Gasteiger partial charge in [-0.1, -0.05) is 25.3 Å². The average Bonchev–Trinajstić information content (AvgIpc) is 2.18. The van der Waals surface area contributed by atoms with E-state index in [2.05, 4.69) is 27.0 Å². The van der Waals surface area contributed by atoms with Crippen LogP contribution in [-0.2, 0) is 0 Å². The molecule has 2 radical (unpaired) electrons. The van der Waals surface area contributed by atoms with Crippen molar-refractivity contribution < 1.29 is 0 Å². The summed E-state index contributed by atoms with van der Waals surface area (Å²) in [6, 6.07) is 0. The van der Waals surface area contributed by atoms with E-state index >= 15 is 0 Å². The number of hydrogen-bond acceptors (Lipinski definition) is 0. The Morgan fingerprint density at radius 2 is 1.31 bits per heavy atom. The maximum atomic E-state index is 3.36. The Hall–Kier alpha value is 0.279. The Morgan fingerprint density at radius 1 is 0.923 bits per heavy atom. The Labute approximate surface area is 94.7 Å². The molecule has 76 valence electrons. The summed E-state index contributed by atoms with van der Waals surface area (Å²) < 4.78 is 3.25. The molecular formula is C12H24Sn. The van der Waals surface area contributed by atoms with Crippen molar-refractivity contribution in [2.45, 2.75) is 48.4 Å². The maximum absolute atomic E-state index is 3.36. The summed E-state index contributed by atoms with van der Waals surface area (Å²) in [4.78, 5) is 0. The summed E-state index contributed by atoms with van der Waals surface area (Å²) in [7, 11) is 0. The first-order chi connectivity index (χ1) is 6.33. The fraction of sp³-hybridized carbons (Fsp3) is 0.667. The second-order valence-electron chi connectivity index (χ2n) is 2.93. The Kier molecular flexibility index (Phi) is 22.0. The van der Waals surface area contributed by atoms with Crippen LogP contribution in [0, 0.1) is 0 Å². The zero-order valence-corrected chi connectivity index (χ0v) is 12.2. The van der Waals surface area contributed by atoms with Crippen LogP contribution in [0.2, 0.25) is 8.87 Å². The number of allylic oxidation sites excluding steroid dienone is 2. The standard InChI is InChI=1S/2C4H9.C4H6.Sn/c3*1-3-4-2;/h2*1,3-4H2,2H3;3-4H,1-2H2;. The van der Waals surface area contributed by atoms with Gasteiger partial charge in [-0.2, -0.15) is 0 Å². The SMILES string of the molecule is C=CC=C.CCC[CH2][Sn][CH2]CCC. The molecule has 0 aliphatic carbocycles. The van der Waals surface area contributed by atoms with Crippen LogP contribution in [0.3, 0.4) is 0 Å². The third kappa shape index (κ3) is 24.5. The third-order valence-electron chi connectivity index (χ3n) is 1.58. The van der Waals surface area contributed by atoms with Crippen LogP contribution in [0.4, 0.5) is 0 Å². The van der Waals surface area contributed by atoms with Gasteiger partial charge < -0.3 is 0 Å². The molecule has 0 fully saturated rings. The van der Waals surface area contributed by atoms with E-state index in [1.807, 2.05) is 0 Å². The Bertz CT molecular complexity index is 85.3. The van der Waals surface area contributed by atoms with E-state index < -0.39 is 0 Å². The molecule has 0 aliphatic heterocycles. The molecule has 0 unspecified atom stereocenters. The van der Waals surface area contributed by atoms with E-state index in [1.165, 1.54) is 25.7 Å². The molecule has 1 heteroatoms. The molecule has 0 heterocycles. The van der Waals surface area contributed by atoms with Crippen LogP contribution in [-0.4, -0.2) is 21.1 Å². The summed E-state index contributed by atoms with van der Waals surface area (Å²) in [6.45, 7) is 11.3. The van der Waals surface area contributed by atoms with E-state index in [0.29, 0.717) is 0 Å². The summed E-state index contributed by atoms with van der Waals surface area (Å²) in [6.07, 6.45) is 9.12. The zero-order chi connectivity index (χ0) is 10.4. The van der Waals surface area contributed by atoms with Crippen LogP contribution in [0.15, 0.2) is 25.3 Å². The first-order valence-electron chi connectivity index (χ1n) is 5.27. The number of rotatable bonds is 7. The molecule has 0 bridgehead atoms. The van der Waals surface area contributed by atoms with Crippen molar-refractivity contribution in [2.24, 2.45) is 0 Å². The molecule has 0 saturated heterocycles. The van der Waals surface area contributed by atoms with Gasteiger partial charge in [-0.05, 0) is 0 Å². The van der Waals surface area contributed by atoms with Crippen LogP contribution in [0.1, 0.15) is 39.5 Å². The van der Waals surface area contributed by atoms with Crippen LogP contribution in [0.25, 0.3) is 0 Å². The second kappa shape index (κ2) is 18.1. The summed E-state index contributed by atoms with van der Waals surface area (Å²) in [5.41, 5.74) is 0. The van der Waals surface area contributed by atoms with Crippen LogP contribution < -0.4 is 0 Å². The second-order valence-corrected chi connectivity index (χ2v) is 7.21. The molecule has 0 spiro atoms. The molecule has 13 heavy (non-hydrogen) atoms. The Morgan fingerprint density at radius 3 is 1.54 bits per heavy atom. The molecule has 0 rings (SSSR count). The van der Waals surface area contributed by atoms with Gasteiger partial charge in [0.15, 0.2) is 0 Å². The van der Waals surface area contributed by atoms with Crippen molar-refractivity contribution >= 4 is 21.1 Å². The van der Waals surface area contributed by atoms with E-state index in [9.17, 15) is 0 Å². The fourth-order valence-electron chi connectivity index (χ4n) is 0.729. The predicted octanol–water partition coefficient (Wildman–Crippen LogP) is 4.49. The molecule has 0 atom stereocenters. The molecule has 0 aromatic rings. The number of hydrogen-bond donors (Lipinski definition) is 0. The van der Waals surface area contributed by atoms with Crippen molar-refractivity contribution in [3.8, 4) is 0 Å². The van der Waals surface area contributed by atoms with Gasteiger partial charge in [-0.3, -0.25) is 0 Å². The zero-order valence-electron chi connectivity index (χ0n) is 9.31. The summed E-state index contributed by atoms with van der Waals surface area (Å²) in [5.74, 6) is 0. The van der Waals surface area contributed by atoms with Crippen LogP contribution >= 0.6 is 0 Å². The van der Waals surface area contributed by atoms with Crippen molar-refractivity contribution in [3.05, 3.63) is 25.3 Å². The van der Waals surface area contributed by atoms with Crippen LogP contribution in [0.5, 0.6) is 0 Å². The molecule has 0 amide bonds. The average molecular weight is 287 g/mol. The normalized spacial score (nSPS) is 8.46. The predicted molar refractivity (Wildman–Crippen MR) is 65.6 cm³/mol. The monoisotopic (exact) mass is 288 g/mol. The molecule has 0 aromatic carbocycles. The summed E-state index contributed by atoms with van der Waals surface area (Å²) in [5, 5.41) is 0. The first kappa shape index (κ1) is 15.7. The van der Waals surface area contributed by atoms with Gasteiger partial charge >= 0.3 is 69.5 Å². The molecule has 0 aromatic heterocycles. The van der Waals surface area contributed by atoms with E-state index in [-0.39, 0.29) is 21.1 Å². The van der Waals surface area contributed by atoms with Gasteiger partial charge in [0.25, 0.3) is 0 Å². The van der Waals surface area contributed by atoms with Gasteiger partial charge in [0.2, 0.25) is 0 Å². The van der Waals surface area contributed by atoms with Crippen molar-refractivity contribution in [2.75, 3.05) is 0 Å². The van der Waals surface area contributed by atoms with Crippen molar-refractivity contribution in [1.29, 1.82) is 0 Å². The molecule has 0 saturated carbocycles. The van der Waals surface area contributed by atoms with E-state index in [4.69, 9.17) is 0 Å². The molecule has 0 aliphatic rings. The van der Waals surface area contributed by atoms with Gasteiger partial charge in [-0.15, -0.1) is 0 Å². The minimum absolute atomic E-state index is 0.149. The minimum atomic E-state index is 0.149. The third-order valence-corrected chi connectivity index (χ3v) is 5.62. The van der Waals surface area contributed by atoms with E-state index in [1.54, 1.807) is 21.0 Å². The van der Waals surface area contributed by atoms with Crippen molar-refractivity contribution in [1.82, 2.24) is 0 Å². The van der Waals surface area contributed by atoms with Gasteiger partial charge in [-0.25, -0.2) is 0 Å². The quantitative estimate of drug-likeness (QED) is 0.368. The van der Waals surface area contributed by atoms with Gasteiger partial charge in [0, 0.05) is 0 Å². The molecule has 0 nitrogen and oxygen atoms in total. The fourth-order valence-corrected chi connectivity index (χ4v) is 4.89. The molecular weight excluding hydrogens is 263 g/mol.